The summed E-state index contributed by atoms with van der Waals surface area (Å²) in [6, 6.07) is 10.3. The van der Waals surface area contributed by atoms with E-state index < -0.39 is 0 Å². The number of rotatable bonds is 5. The molecular weight excluding hydrogens is 232 g/mol. The Balaban J connectivity index is 1.97. The van der Waals surface area contributed by atoms with Gasteiger partial charge in [-0.25, -0.2) is 4.98 Å². The number of aryl methyl sites for hydroxylation is 1. The number of nitrogens with two attached hydrogens (primary N) is 1. The molecule has 1 aromatic carbocycles. The number of H-pyrrole nitrogens is 1. The van der Waals surface area contributed by atoms with Gasteiger partial charge in [-0.2, -0.15) is 0 Å². The topological polar surface area (TPSA) is 67.6 Å². The van der Waals surface area contributed by atoms with Gasteiger partial charge in [-0.05, 0) is 19.0 Å². The van der Waals surface area contributed by atoms with Gasteiger partial charge in [0.1, 0.15) is 5.82 Å². The molecule has 1 unspecified atom stereocenters. The molecule has 1 atom stereocenters. The predicted molar refractivity (Wildman–Crippen MR) is 70.1 cm³/mol. The van der Waals surface area contributed by atoms with E-state index in [4.69, 9.17) is 5.73 Å². The van der Waals surface area contributed by atoms with Crippen LogP contribution in [0, 0.1) is 6.92 Å². The molecule has 2 aromatic rings. The van der Waals surface area contributed by atoms with Crippen LogP contribution in [0.3, 0.4) is 0 Å². The van der Waals surface area contributed by atoms with Crippen molar-refractivity contribution in [1.82, 2.24) is 15.2 Å². The summed E-state index contributed by atoms with van der Waals surface area (Å²) in [5.74, 6) is 2.09. The highest BCUT2D eigenvalue weighted by molar-refractivity contribution is 7.99. The zero-order valence-corrected chi connectivity index (χ0v) is 10.6. The molecule has 5 heteroatoms. The lowest BCUT2D eigenvalue weighted by atomic mass is 10.0. The number of benzene rings is 1. The maximum absolute atomic E-state index is 5.81. The Morgan fingerprint density at radius 2 is 2.12 bits per heavy atom. The van der Waals surface area contributed by atoms with E-state index in [2.05, 4.69) is 27.3 Å². The van der Waals surface area contributed by atoms with Gasteiger partial charge in [-0.1, -0.05) is 42.1 Å². The van der Waals surface area contributed by atoms with Crippen molar-refractivity contribution in [2.45, 2.75) is 18.0 Å². The lowest BCUT2D eigenvalue weighted by molar-refractivity contribution is 0.783. The normalized spacial score (nSPS) is 12.6. The molecule has 0 aliphatic rings. The van der Waals surface area contributed by atoms with Crippen LogP contribution in [0.2, 0.25) is 0 Å². The highest BCUT2D eigenvalue weighted by Gasteiger charge is 2.11. The molecule has 0 fully saturated rings. The smallest absolute Gasteiger partial charge is 0.208 e. The van der Waals surface area contributed by atoms with E-state index in [9.17, 15) is 0 Å². The molecule has 0 aliphatic heterocycles. The predicted octanol–water partition coefficient (Wildman–Crippen LogP) is 1.95. The van der Waals surface area contributed by atoms with Gasteiger partial charge in [0.25, 0.3) is 0 Å². The Labute approximate surface area is 105 Å². The third-order valence-corrected chi connectivity index (χ3v) is 3.56. The van der Waals surface area contributed by atoms with E-state index >= 15 is 0 Å². The first-order chi connectivity index (χ1) is 8.29. The van der Waals surface area contributed by atoms with Crippen molar-refractivity contribution in [3.8, 4) is 0 Å². The number of hydrogen-bond donors (Lipinski definition) is 2. The molecular formula is C12H16N4S. The van der Waals surface area contributed by atoms with Gasteiger partial charge >= 0.3 is 0 Å². The minimum atomic E-state index is 0.347. The highest BCUT2D eigenvalue weighted by atomic mass is 32.2. The largest absolute Gasteiger partial charge is 0.330 e. The molecule has 0 saturated carbocycles. The first-order valence-corrected chi connectivity index (χ1v) is 6.55. The number of hydrogen-bond acceptors (Lipinski definition) is 4. The van der Waals surface area contributed by atoms with Crippen molar-refractivity contribution in [1.29, 1.82) is 0 Å². The maximum Gasteiger partial charge on any atom is 0.208 e. The lowest BCUT2D eigenvalue weighted by Gasteiger charge is -2.13. The molecule has 0 amide bonds. The van der Waals surface area contributed by atoms with Crippen molar-refractivity contribution in [2.24, 2.45) is 5.73 Å². The standard InChI is InChI=1S/C12H16N4S/c1-9-14-12(16-15-9)17-8-11(7-13)10-5-3-2-4-6-10/h2-6,11H,7-8,13H2,1H3,(H,14,15,16). The van der Waals surface area contributed by atoms with Gasteiger partial charge in [0.2, 0.25) is 5.16 Å². The summed E-state index contributed by atoms with van der Waals surface area (Å²) < 4.78 is 0. The highest BCUT2D eigenvalue weighted by Crippen LogP contribution is 2.23. The Bertz CT molecular complexity index is 455. The quantitative estimate of drug-likeness (QED) is 0.794. The van der Waals surface area contributed by atoms with Crippen molar-refractivity contribution in [2.75, 3.05) is 12.3 Å². The molecule has 0 aliphatic carbocycles. The van der Waals surface area contributed by atoms with Crippen molar-refractivity contribution < 1.29 is 0 Å². The number of nitrogens with zero attached hydrogens (tertiary/aromatic N) is 2. The van der Waals surface area contributed by atoms with Crippen LogP contribution in [0.1, 0.15) is 17.3 Å². The van der Waals surface area contributed by atoms with Gasteiger partial charge in [-0.15, -0.1) is 5.10 Å². The van der Waals surface area contributed by atoms with Gasteiger partial charge in [-0.3, -0.25) is 5.10 Å². The number of nitrogens with one attached hydrogen (secondary N) is 1. The molecule has 0 bridgehead atoms. The van der Waals surface area contributed by atoms with Crippen molar-refractivity contribution in [3.05, 3.63) is 41.7 Å². The zero-order valence-electron chi connectivity index (χ0n) is 9.76. The minimum Gasteiger partial charge on any atom is -0.330 e. The molecule has 4 nitrogen and oxygen atoms in total. The van der Waals surface area contributed by atoms with E-state index in [1.165, 1.54) is 5.56 Å². The average Bonchev–Trinajstić information content (AvgIpc) is 2.77. The third kappa shape index (κ3) is 3.31. The molecule has 0 radical (unpaired) electrons. The molecule has 0 saturated heterocycles. The summed E-state index contributed by atoms with van der Waals surface area (Å²) in [6.45, 7) is 2.54. The van der Waals surface area contributed by atoms with Crippen molar-refractivity contribution in [3.63, 3.8) is 0 Å². The lowest BCUT2D eigenvalue weighted by Crippen LogP contribution is -2.14. The van der Waals surface area contributed by atoms with Gasteiger partial charge < -0.3 is 5.73 Å². The van der Waals surface area contributed by atoms with Crippen LogP contribution >= 0.6 is 11.8 Å². The van der Waals surface area contributed by atoms with E-state index in [0.29, 0.717) is 12.5 Å². The second-order valence-corrected chi connectivity index (χ2v) is 4.84. The Morgan fingerprint density at radius 1 is 1.35 bits per heavy atom. The van der Waals surface area contributed by atoms with Crippen LogP contribution in [0.25, 0.3) is 0 Å². The molecule has 3 N–H and O–H groups in total. The molecule has 17 heavy (non-hydrogen) atoms. The van der Waals surface area contributed by atoms with E-state index in [1.807, 2.05) is 25.1 Å². The first kappa shape index (κ1) is 12.1. The summed E-state index contributed by atoms with van der Waals surface area (Å²) in [5, 5.41) is 7.73. The molecule has 90 valence electrons. The molecule has 0 spiro atoms. The number of aromatic amines is 1. The molecule has 2 rings (SSSR count). The third-order valence-electron chi connectivity index (χ3n) is 2.55. The van der Waals surface area contributed by atoms with Gasteiger partial charge in [0, 0.05) is 11.7 Å². The second kappa shape index (κ2) is 5.84. The first-order valence-electron chi connectivity index (χ1n) is 5.56. The number of aromatic nitrogens is 3. The summed E-state index contributed by atoms with van der Waals surface area (Å²) >= 11 is 1.64. The van der Waals surface area contributed by atoms with Gasteiger partial charge in [0.05, 0.1) is 0 Å². The van der Waals surface area contributed by atoms with Crippen LogP contribution in [0.15, 0.2) is 35.5 Å². The van der Waals surface area contributed by atoms with E-state index in [1.54, 1.807) is 11.8 Å². The van der Waals surface area contributed by atoms with E-state index in [-0.39, 0.29) is 0 Å². The fourth-order valence-electron chi connectivity index (χ4n) is 1.59. The Hall–Kier alpha value is -1.33. The van der Waals surface area contributed by atoms with Crippen LogP contribution in [0.5, 0.6) is 0 Å². The SMILES string of the molecule is Cc1nc(SCC(CN)c2ccccc2)n[nH]1. The summed E-state index contributed by atoms with van der Waals surface area (Å²) in [4.78, 5) is 4.27. The maximum atomic E-state index is 5.81. The molecule has 1 heterocycles. The van der Waals surface area contributed by atoms with Gasteiger partial charge in [0.15, 0.2) is 0 Å². The van der Waals surface area contributed by atoms with E-state index in [0.717, 1.165) is 16.7 Å². The molecule has 1 aromatic heterocycles. The number of thioether (sulfide) groups is 1. The second-order valence-electron chi connectivity index (χ2n) is 3.86. The van der Waals surface area contributed by atoms with Crippen LogP contribution in [-0.2, 0) is 0 Å². The Kier molecular flexibility index (Phi) is 4.17. The summed E-state index contributed by atoms with van der Waals surface area (Å²) in [5.41, 5.74) is 7.09. The average molecular weight is 248 g/mol. The fourth-order valence-corrected chi connectivity index (χ4v) is 2.58. The zero-order chi connectivity index (χ0) is 12.1. The monoisotopic (exact) mass is 248 g/mol. The van der Waals surface area contributed by atoms with Crippen LogP contribution in [0.4, 0.5) is 0 Å². The van der Waals surface area contributed by atoms with Crippen LogP contribution < -0.4 is 5.73 Å². The van der Waals surface area contributed by atoms with Crippen LogP contribution in [-0.4, -0.2) is 27.5 Å². The summed E-state index contributed by atoms with van der Waals surface area (Å²) in [7, 11) is 0. The van der Waals surface area contributed by atoms with Crippen molar-refractivity contribution >= 4 is 11.8 Å². The Morgan fingerprint density at radius 3 is 2.71 bits per heavy atom. The fraction of sp³-hybridized carbons (Fsp3) is 0.333. The summed E-state index contributed by atoms with van der Waals surface area (Å²) in [6.07, 6.45) is 0. The minimum absolute atomic E-state index is 0.347.